The van der Waals surface area contributed by atoms with Gasteiger partial charge in [-0.05, 0) is 30.5 Å². The summed E-state index contributed by atoms with van der Waals surface area (Å²) in [6, 6.07) is 4.52. The first-order valence-corrected chi connectivity index (χ1v) is 10.2. The Kier molecular flexibility index (Phi) is 4.62. The van der Waals surface area contributed by atoms with Crippen LogP contribution >= 0.6 is 0 Å². The van der Waals surface area contributed by atoms with E-state index in [1.54, 1.807) is 4.90 Å². The molecule has 1 aromatic carbocycles. The van der Waals surface area contributed by atoms with E-state index in [2.05, 4.69) is 9.97 Å². The Bertz CT molecular complexity index is 1040. The summed E-state index contributed by atoms with van der Waals surface area (Å²) in [6.07, 6.45) is 3.00. The molecule has 0 saturated carbocycles. The highest BCUT2D eigenvalue weighted by molar-refractivity contribution is 5.91. The lowest BCUT2D eigenvalue weighted by Crippen LogP contribution is -2.50. The van der Waals surface area contributed by atoms with Gasteiger partial charge in [-0.1, -0.05) is 0 Å². The molecule has 1 aromatic heterocycles. The van der Waals surface area contributed by atoms with Gasteiger partial charge in [0.25, 0.3) is 11.8 Å². The number of fused-ring (bicyclic) bond motifs is 1. The molecule has 162 valence electrons. The van der Waals surface area contributed by atoms with Crippen LogP contribution in [-0.4, -0.2) is 51.6 Å². The first kappa shape index (κ1) is 19.8. The third-order valence-electron chi connectivity index (χ3n) is 6.39. The summed E-state index contributed by atoms with van der Waals surface area (Å²) in [5, 5.41) is 0. The SMILES string of the molecule is NC(=O)c1cc(N2CCC3(CC2)O[C@@H]2CC[C@@H](c4cc(F)cc(F)c4)N2C3=O)ncn1. The molecule has 2 N–H and O–H groups in total. The zero-order valence-corrected chi connectivity index (χ0v) is 16.6. The second-order valence-electron chi connectivity index (χ2n) is 8.19. The van der Waals surface area contributed by atoms with E-state index in [1.165, 1.54) is 24.5 Å². The highest BCUT2D eigenvalue weighted by Crippen LogP contribution is 2.48. The van der Waals surface area contributed by atoms with Gasteiger partial charge in [0.15, 0.2) is 5.60 Å². The molecule has 3 aliphatic heterocycles. The third-order valence-corrected chi connectivity index (χ3v) is 6.39. The Morgan fingerprint density at radius 1 is 1.10 bits per heavy atom. The minimum atomic E-state index is -0.953. The van der Waals surface area contributed by atoms with Crippen LogP contribution in [0.1, 0.15) is 47.8 Å². The summed E-state index contributed by atoms with van der Waals surface area (Å²) in [5.74, 6) is -1.52. The highest BCUT2D eigenvalue weighted by Gasteiger charge is 2.58. The average molecular weight is 429 g/mol. The normalized spacial score (nSPS) is 24.6. The predicted molar refractivity (Wildman–Crippen MR) is 105 cm³/mol. The van der Waals surface area contributed by atoms with Crippen molar-refractivity contribution in [1.82, 2.24) is 14.9 Å². The van der Waals surface area contributed by atoms with Gasteiger partial charge in [0.05, 0.1) is 6.04 Å². The number of amides is 2. The molecule has 2 atom stereocenters. The van der Waals surface area contributed by atoms with E-state index in [1.807, 2.05) is 4.90 Å². The van der Waals surface area contributed by atoms with Gasteiger partial charge in [-0.2, -0.15) is 0 Å². The highest BCUT2D eigenvalue weighted by atomic mass is 19.1. The fraction of sp³-hybridized carbons (Fsp3) is 0.429. The quantitative estimate of drug-likeness (QED) is 0.800. The molecule has 8 nitrogen and oxygen atoms in total. The molecular formula is C21H21F2N5O3. The van der Waals surface area contributed by atoms with Gasteiger partial charge in [0.1, 0.15) is 35.7 Å². The summed E-state index contributed by atoms with van der Waals surface area (Å²) < 4.78 is 33.7. The molecule has 2 amide bonds. The summed E-state index contributed by atoms with van der Waals surface area (Å²) in [5.41, 5.74) is 4.92. The van der Waals surface area contributed by atoms with Crippen molar-refractivity contribution in [3.05, 3.63) is 53.5 Å². The van der Waals surface area contributed by atoms with Gasteiger partial charge in [0.2, 0.25) is 0 Å². The molecule has 31 heavy (non-hydrogen) atoms. The number of nitrogens with zero attached hydrogens (tertiary/aromatic N) is 4. The van der Waals surface area contributed by atoms with E-state index >= 15 is 0 Å². The zero-order chi connectivity index (χ0) is 21.8. The molecule has 0 aliphatic carbocycles. The Balaban J connectivity index is 1.33. The topological polar surface area (TPSA) is 102 Å². The van der Waals surface area contributed by atoms with Gasteiger partial charge in [-0.15, -0.1) is 0 Å². The van der Waals surface area contributed by atoms with E-state index in [0.717, 1.165) is 6.07 Å². The number of carbonyl (C=O) groups is 2. The van der Waals surface area contributed by atoms with Crippen molar-refractivity contribution in [2.24, 2.45) is 5.73 Å². The van der Waals surface area contributed by atoms with Crippen LogP contribution in [0.2, 0.25) is 0 Å². The number of halogens is 2. The molecule has 3 saturated heterocycles. The lowest BCUT2D eigenvalue weighted by molar-refractivity contribution is -0.140. The summed E-state index contributed by atoms with van der Waals surface area (Å²) >= 11 is 0. The monoisotopic (exact) mass is 429 g/mol. The average Bonchev–Trinajstić information content (AvgIpc) is 3.26. The number of rotatable bonds is 3. The minimum Gasteiger partial charge on any atom is -0.364 e. The lowest BCUT2D eigenvalue weighted by atomic mass is 9.89. The van der Waals surface area contributed by atoms with E-state index in [0.29, 0.717) is 50.2 Å². The van der Waals surface area contributed by atoms with Crippen molar-refractivity contribution in [1.29, 1.82) is 0 Å². The fourth-order valence-electron chi connectivity index (χ4n) is 4.89. The largest absolute Gasteiger partial charge is 0.364 e. The van der Waals surface area contributed by atoms with Crippen LogP contribution in [0.4, 0.5) is 14.6 Å². The number of carbonyl (C=O) groups excluding carboxylic acids is 2. The van der Waals surface area contributed by atoms with Crippen molar-refractivity contribution < 1.29 is 23.1 Å². The number of primary amides is 1. The number of piperidine rings is 1. The maximum absolute atomic E-state index is 13.7. The molecule has 5 rings (SSSR count). The second kappa shape index (κ2) is 7.23. The van der Waals surface area contributed by atoms with Crippen molar-refractivity contribution in [3.8, 4) is 0 Å². The molecule has 2 aromatic rings. The first-order valence-electron chi connectivity index (χ1n) is 10.2. The minimum absolute atomic E-state index is 0.129. The maximum Gasteiger partial charge on any atom is 0.267 e. The van der Waals surface area contributed by atoms with Crippen molar-refractivity contribution in [3.63, 3.8) is 0 Å². The van der Waals surface area contributed by atoms with Gasteiger partial charge < -0.3 is 20.3 Å². The van der Waals surface area contributed by atoms with E-state index in [9.17, 15) is 18.4 Å². The third kappa shape index (κ3) is 3.31. The van der Waals surface area contributed by atoms with Crippen LogP contribution in [-0.2, 0) is 9.53 Å². The lowest BCUT2D eigenvalue weighted by Gasteiger charge is -2.38. The van der Waals surface area contributed by atoms with Crippen LogP contribution < -0.4 is 10.6 Å². The molecule has 4 heterocycles. The number of nitrogens with two attached hydrogens (primary N) is 1. The van der Waals surface area contributed by atoms with E-state index < -0.39 is 35.4 Å². The van der Waals surface area contributed by atoms with E-state index in [-0.39, 0.29) is 11.6 Å². The summed E-state index contributed by atoms with van der Waals surface area (Å²) in [4.78, 5) is 36.5. The number of ether oxygens (including phenoxy) is 1. The zero-order valence-electron chi connectivity index (χ0n) is 16.6. The predicted octanol–water partition coefficient (Wildman–Crippen LogP) is 1.91. The molecule has 10 heteroatoms. The summed E-state index contributed by atoms with van der Waals surface area (Å²) in [7, 11) is 0. The van der Waals surface area contributed by atoms with Gasteiger partial charge in [-0.25, -0.2) is 18.7 Å². The number of benzene rings is 1. The van der Waals surface area contributed by atoms with Gasteiger partial charge in [0, 0.05) is 38.1 Å². The van der Waals surface area contributed by atoms with Crippen molar-refractivity contribution >= 4 is 17.6 Å². The standard InChI is InChI=1S/C21H21F2N5O3/c22-13-7-12(8-14(23)9-13)16-1-2-18-28(16)20(30)21(31-18)3-5-27(6-4-21)17-10-15(19(24)29)25-11-26-17/h7-11,16,18H,1-6H2,(H2,24,29)/t16-,18+/m0/s1. The number of hydrogen-bond donors (Lipinski definition) is 1. The van der Waals surface area contributed by atoms with Crippen molar-refractivity contribution in [2.75, 3.05) is 18.0 Å². The Morgan fingerprint density at radius 2 is 1.81 bits per heavy atom. The van der Waals surface area contributed by atoms with Crippen molar-refractivity contribution in [2.45, 2.75) is 43.6 Å². The van der Waals surface area contributed by atoms with Crippen LogP contribution in [0.5, 0.6) is 0 Å². The maximum atomic E-state index is 13.7. The van der Waals surface area contributed by atoms with Crippen LogP contribution in [0.25, 0.3) is 0 Å². The molecule has 0 unspecified atom stereocenters. The first-order chi connectivity index (χ1) is 14.9. The number of anilines is 1. The number of hydrogen-bond acceptors (Lipinski definition) is 6. The molecule has 0 radical (unpaired) electrons. The van der Waals surface area contributed by atoms with Gasteiger partial charge in [-0.3, -0.25) is 9.59 Å². The Labute approximate surface area is 177 Å². The molecule has 1 spiro atoms. The molecule has 0 bridgehead atoms. The fourth-order valence-corrected chi connectivity index (χ4v) is 4.89. The molecule has 3 aliphatic rings. The Hall–Kier alpha value is -3.14. The molecule has 3 fully saturated rings. The van der Waals surface area contributed by atoms with E-state index in [4.69, 9.17) is 10.5 Å². The summed E-state index contributed by atoms with van der Waals surface area (Å²) in [6.45, 7) is 1.00. The Morgan fingerprint density at radius 3 is 2.48 bits per heavy atom. The smallest absolute Gasteiger partial charge is 0.267 e. The van der Waals surface area contributed by atoms with Gasteiger partial charge >= 0.3 is 0 Å². The second-order valence-corrected chi connectivity index (χ2v) is 8.19. The number of aromatic nitrogens is 2. The molecular weight excluding hydrogens is 408 g/mol. The van der Waals surface area contributed by atoms with Crippen LogP contribution in [0.3, 0.4) is 0 Å². The van der Waals surface area contributed by atoms with Crippen LogP contribution in [0, 0.1) is 11.6 Å². The van der Waals surface area contributed by atoms with Crippen LogP contribution in [0.15, 0.2) is 30.6 Å².